The summed E-state index contributed by atoms with van der Waals surface area (Å²) in [5, 5.41) is 5.89. The molecule has 4 nitrogen and oxygen atoms in total. The van der Waals surface area contributed by atoms with Crippen LogP contribution in [0, 0.1) is 5.41 Å². The molecule has 1 aliphatic rings. The molecule has 0 radical (unpaired) electrons. The number of benzene rings is 1. The van der Waals surface area contributed by atoms with Crippen molar-refractivity contribution in [2.45, 2.75) is 44.6 Å². The lowest BCUT2D eigenvalue weighted by Gasteiger charge is -2.26. The molecule has 2 rings (SSSR count). The molecule has 0 aliphatic carbocycles. The van der Waals surface area contributed by atoms with Crippen molar-refractivity contribution in [1.29, 1.82) is 0 Å². The van der Waals surface area contributed by atoms with E-state index in [0.29, 0.717) is 13.0 Å². The minimum Gasteiger partial charge on any atom is -0.355 e. The smallest absolute Gasteiger partial charge is 0.225 e. The molecule has 0 aromatic heterocycles. The van der Waals surface area contributed by atoms with Gasteiger partial charge in [0.15, 0.2) is 0 Å². The molecule has 1 heterocycles. The van der Waals surface area contributed by atoms with E-state index in [1.807, 2.05) is 44.7 Å². The molecule has 0 fully saturated rings. The lowest BCUT2D eigenvalue weighted by molar-refractivity contribution is -0.128. The van der Waals surface area contributed by atoms with Crippen LogP contribution in [-0.4, -0.2) is 24.1 Å². The summed E-state index contributed by atoms with van der Waals surface area (Å²) in [5.41, 5.74) is 0.779. The fourth-order valence-corrected chi connectivity index (χ4v) is 3.44. The molecule has 0 saturated carbocycles. The average Bonchev–Trinajstić information content (AvgIpc) is 2.46. The van der Waals surface area contributed by atoms with E-state index in [1.165, 1.54) is 10.5 Å². The molecule has 120 valence electrons. The zero-order valence-electron chi connectivity index (χ0n) is 13.4. The van der Waals surface area contributed by atoms with Gasteiger partial charge in [-0.15, -0.1) is 11.8 Å². The average molecular weight is 320 g/mol. The lowest BCUT2D eigenvalue weighted by atomic mass is 9.96. The summed E-state index contributed by atoms with van der Waals surface area (Å²) in [4.78, 5) is 25.1. The first kappa shape index (κ1) is 16.9. The van der Waals surface area contributed by atoms with E-state index in [0.717, 1.165) is 12.2 Å². The van der Waals surface area contributed by atoms with E-state index in [4.69, 9.17) is 0 Å². The fraction of sp³-hybridized carbons (Fsp3) is 0.529. The predicted octanol–water partition coefficient (Wildman–Crippen LogP) is 2.89. The molecule has 1 aromatic carbocycles. The summed E-state index contributed by atoms with van der Waals surface area (Å²) in [5.74, 6) is 0.975. The molecular weight excluding hydrogens is 296 g/mol. The largest absolute Gasteiger partial charge is 0.355 e. The Morgan fingerprint density at radius 2 is 2.00 bits per heavy atom. The van der Waals surface area contributed by atoms with E-state index in [1.54, 1.807) is 0 Å². The number of carbonyl (C=O) groups is 2. The van der Waals surface area contributed by atoms with Gasteiger partial charge in [0.1, 0.15) is 0 Å². The van der Waals surface area contributed by atoms with Gasteiger partial charge >= 0.3 is 0 Å². The second-order valence-corrected chi connectivity index (χ2v) is 7.69. The van der Waals surface area contributed by atoms with Crippen LogP contribution in [0.25, 0.3) is 0 Å². The first-order chi connectivity index (χ1) is 10.4. The van der Waals surface area contributed by atoms with Crippen molar-refractivity contribution >= 4 is 23.6 Å². The van der Waals surface area contributed by atoms with Gasteiger partial charge in [-0.2, -0.15) is 0 Å². The van der Waals surface area contributed by atoms with Crippen molar-refractivity contribution < 1.29 is 9.59 Å². The zero-order valence-corrected chi connectivity index (χ0v) is 14.3. The highest BCUT2D eigenvalue weighted by molar-refractivity contribution is 7.99. The Hall–Kier alpha value is -1.49. The summed E-state index contributed by atoms with van der Waals surface area (Å²) < 4.78 is 0. The minimum atomic E-state index is -0.421. The van der Waals surface area contributed by atoms with Crippen LogP contribution in [0.3, 0.4) is 0 Å². The van der Waals surface area contributed by atoms with Crippen LogP contribution in [0.1, 0.15) is 45.2 Å². The number of hydrogen-bond acceptors (Lipinski definition) is 3. The standard InChI is InChI=1S/C17H24N2O2S/c1-17(2,3)16(21)18-10-8-15(20)19-13-9-11-22-14-7-5-4-6-12(13)14/h4-7,13H,8-11H2,1-3H3,(H,18,21)(H,19,20). The zero-order chi connectivity index (χ0) is 16.2. The van der Waals surface area contributed by atoms with Gasteiger partial charge in [-0.05, 0) is 18.1 Å². The van der Waals surface area contributed by atoms with Crippen molar-refractivity contribution in [3.63, 3.8) is 0 Å². The monoisotopic (exact) mass is 320 g/mol. The van der Waals surface area contributed by atoms with Crippen molar-refractivity contribution in [3.05, 3.63) is 29.8 Å². The fourth-order valence-electron chi connectivity index (χ4n) is 2.31. The lowest BCUT2D eigenvalue weighted by Crippen LogP contribution is -2.38. The van der Waals surface area contributed by atoms with Crippen LogP contribution in [-0.2, 0) is 9.59 Å². The Morgan fingerprint density at radius 3 is 2.73 bits per heavy atom. The van der Waals surface area contributed by atoms with Crippen molar-refractivity contribution in [1.82, 2.24) is 10.6 Å². The van der Waals surface area contributed by atoms with Gasteiger partial charge in [-0.1, -0.05) is 39.0 Å². The number of amides is 2. The Balaban J connectivity index is 1.82. The topological polar surface area (TPSA) is 58.2 Å². The molecule has 22 heavy (non-hydrogen) atoms. The van der Waals surface area contributed by atoms with E-state index < -0.39 is 5.41 Å². The summed E-state index contributed by atoms with van der Waals surface area (Å²) >= 11 is 1.84. The molecule has 1 aliphatic heterocycles. The number of thioether (sulfide) groups is 1. The number of fused-ring (bicyclic) bond motifs is 1. The number of nitrogens with one attached hydrogen (secondary N) is 2. The number of rotatable bonds is 4. The highest BCUT2D eigenvalue weighted by Gasteiger charge is 2.23. The quantitative estimate of drug-likeness (QED) is 0.897. The highest BCUT2D eigenvalue weighted by Crippen LogP contribution is 2.35. The minimum absolute atomic E-state index is 0.0130. The Labute approximate surface area is 136 Å². The van der Waals surface area contributed by atoms with Crippen LogP contribution >= 0.6 is 11.8 Å². The maximum absolute atomic E-state index is 12.1. The van der Waals surface area contributed by atoms with Gasteiger partial charge in [0.25, 0.3) is 0 Å². The number of carbonyl (C=O) groups excluding carboxylic acids is 2. The second-order valence-electron chi connectivity index (χ2n) is 6.55. The summed E-state index contributed by atoms with van der Waals surface area (Å²) in [6.07, 6.45) is 1.26. The molecule has 0 saturated heterocycles. The van der Waals surface area contributed by atoms with Crippen LogP contribution in [0.2, 0.25) is 0 Å². The maximum atomic E-state index is 12.1. The normalized spacial score (nSPS) is 17.5. The molecule has 1 aromatic rings. The second kappa shape index (κ2) is 7.18. The van der Waals surface area contributed by atoms with Crippen LogP contribution in [0.5, 0.6) is 0 Å². The first-order valence-electron chi connectivity index (χ1n) is 7.67. The summed E-state index contributed by atoms with van der Waals surface area (Å²) in [6, 6.07) is 8.30. The van der Waals surface area contributed by atoms with Crippen LogP contribution in [0.4, 0.5) is 0 Å². The molecule has 0 bridgehead atoms. The van der Waals surface area contributed by atoms with Gasteiger partial charge < -0.3 is 10.6 Å². The van der Waals surface area contributed by atoms with Gasteiger partial charge in [-0.3, -0.25) is 9.59 Å². The van der Waals surface area contributed by atoms with Gasteiger partial charge in [0, 0.05) is 29.0 Å². The van der Waals surface area contributed by atoms with E-state index in [9.17, 15) is 9.59 Å². The third-order valence-corrected chi connectivity index (χ3v) is 4.74. The van der Waals surface area contributed by atoms with Gasteiger partial charge in [0.2, 0.25) is 11.8 Å². The van der Waals surface area contributed by atoms with Crippen molar-refractivity contribution in [3.8, 4) is 0 Å². The molecule has 2 amide bonds. The molecule has 1 unspecified atom stereocenters. The first-order valence-corrected chi connectivity index (χ1v) is 8.66. The third kappa shape index (κ3) is 4.50. The van der Waals surface area contributed by atoms with E-state index in [-0.39, 0.29) is 17.9 Å². The molecule has 0 spiro atoms. The van der Waals surface area contributed by atoms with Gasteiger partial charge in [-0.25, -0.2) is 0 Å². The molecule has 5 heteroatoms. The molecule has 2 N–H and O–H groups in total. The highest BCUT2D eigenvalue weighted by atomic mass is 32.2. The molecular formula is C17H24N2O2S. The predicted molar refractivity (Wildman–Crippen MR) is 89.7 cm³/mol. The van der Waals surface area contributed by atoms with Crippen LogP contribution in [0.15, 0.2) is 29.2 Å². The summed E-state index contributed by atoms with van der Waals surface area (Å²) in [6.45, 7) is 5.96. The van der Waals surface area contributed by atoms with Crippen molar-refractivity contribution in [2.24, 2.45) is 5.41 Å². The SMILES string of the molecule is CC(C)(C)C(=O)NCCC(=O)NC1CCSc2ccccc21. The Bertz CT molecular complexity index is 552. The maximum Gasteiger partial charge on any atom is 0.225 e. The Morgan fingerprint density at radius 1 is 1.27 bits per heavy atom. The van der Waals surface area contributed by atoms with Crippen molar-refractivity contribution in [2.75, 3.05) is 12.3 Å². The van der Waals surface area contributed by atoms with Crippen LogP contribution < -0.4 is 10.6 Å². The summed E-state index contributed by atoms with van der Waals surface area (Å²) in [7, 11) is 0. The van der Waals surface area contributed by atoms with E-state index >= 15 is 0 Å². The van der Waals surface area contributed by atoms with Gasteiger partial charge in [0.05, 0.1) is 6.04 Å². The Kier molecular flexibility index (Phi) is 5.51. The van der Waals surface area contributed by atoms with E-state index in [2.05, 4.69) is 22.8 Å². The number of hydrogen-bond donors (Lipinski definition) is 2. The third-order valence-electron chi connectivity index (χ3n) is 3.61. The molecule has 1 atom stereocenters.